The molecule has 0 saturated carbocycles. The van der Waals surface area contributed by atoms with Crippen LogP contribution in [0.15, 0.2) is 35.4 Å². The van der Waals surface area contributed by atoms with Crippen molar-refractivity contribution in [2.75, 3.05) is 51.7 Å². The SMILES string of the molecule is Cc1ccn(CCN2CCOCC2)c(=O)c1C(=O)N1CCC(Cc2ccc(N)nc2)C1. The number of nitrogens with two attached hydrogens (primary N) is 1. The highest BCUT2D eigenvalue weighted by Crippen LogP contribution is 2.22. The molecular formula is C23H31N5O3. The van der Waals surface area contributed by atoms with E-state index in [0.29, 0.717) is 36.9 Å². The van der Waals surface area contributed by atoms with Gasteiger partial charge in [0.25, 0.3) is 11.5 Å². The summed E-state index contributed by atoms with van der Waals surface area (Å²) >= 11 is 0. The molecule has 1 atom stereocenters. The molecule has 0 bridgehead atoms. The van der Waals surface area contributed by atoms with E-state index in [4.69, 9.17) is 10.5 Å². The van der Waals surface area contributed by atoms with Gasteiger partial charge in [-0.25, -0.2) is 4.98 Å². The number of carbonyl (C=O) groups excluding carboxylic acids is 1. The lowest BCUT2D eigenvalue weighted by Gasteiger charge is -2.26. The summed E-state index contributed by atoms with van der Waals surface area (Å²) in [6.07, 6.45) is 5.38. The summed E-state index contributed by atoms with van der Waals surface area (Å²) < 4.78 is 7.05. The second kappa shape index (κ2) is 9.62. The first kappa shape index (κ1) is 21.5. The maximum Gasteiger partial charge on any atom is 0.263 e. The Morgan fingerprint density at radius 3 is 2.74 bits per heavy atom. The van der Waals surface area contributed by atoms with Crippen LogP contribution < -0.4 is 11.3 Å². The van der Waals surface area contributed by atoms with Gasteiger partial charge in [-0.1, -0.05) is 6.07 Å². The minimum Gasteiger partial charge on any atom is -0.384 e. The van der Waals surface area contributed by atoms with Crippen LogP contribution in [0.3, 0.4) is 0 Å². The fraction of sp³-hybridized carbons (Fsp3) is 0.522. The van der Waals surface area contributed by atoms with Crippen molar-refractivity contribution in [3.05, 3.63) is 57.6 Å². The van der Waals surface area contributed by atoms with E-state index in [0.717, 1.165) is 56.8 Å². The molecule has 2 aliphatic heterocycles. The number of amides is 1. The Morgan fingerprint density at radius 2 is 2.00 bits per heavy atom. The van der Waals surface area contributed by atoms with Crippen molar-refractivity contribution in [1.29, 1.82) is 0 Å². The third kappa shape index (κ3) is 5.14. The first-order chi connectivity index (χ1) is 15.0. The quantitative estimate of drug-likeness (QED) is 0.747. The maximum absolute atomic E-state index is 13.2. The van der Waals surface area contributed by atoms with Gasteiger partial charge < -0.3 is 19.9 Å². The molecule has 2 aromatic heterocycles. The molecule has 4 heterocycles. The topological polar surface area (TPSA) is 93.7 Å². The molecule has 8 nitrogen and oxygen atoms in total. The van der Waals surface area contributed by atoms with Gasteiger partial charge in [0.05, 0.1) is 13.2 Å². The lowest BCUT2D eigenvalue weighted by Crippen LogP contribution is -2.40. The number of hydrogen-bond donors (Lipinski definition) is 1. The standard InChI is InChI=1S/C23H31N5O3/c1-17-4-6-27(9-8-26-10-12-31-13-11-26)22(29)21(17)23(30)28-7-5-19(16-28)14-18-2-3-20(24)25-15-18/h2-4,6,15,19H,5,7-14,16H2,1H3,(H2,24,25). The number of aromatic nitrogens is 2. The lowest BCUT2D eigenvalue weighted by atomic mass is 10.00. The number of carbonyl (C=O) groups is 1. The van der Waals surface area contributed by atoms with Crippen LogP contribution in [-0.4, -0.2) is 71.2 Å². The average Bonchev–Trinajstić information content (AvgIpc) is 3.24. The van der Waals surface area contributed by atoms with Gasteiger partial charge >= 0.3 is 0 Å². The van der Waals surface area contributed by atoms with Crippen molar-refractivity contribution in [2.24, 2.45) is 5.92 Å². The lowest BCUT2D eigenvalue weighted by molar-refractivity contribution is 0.0362. The van der Waals surface area contributed by atoms with Gasteiger partial charge in [0.1, 0.15) is 11.4 Å². The highest BCUT2D eigenvalue weighted by Gasteiger charge is 2.29. The Morgan fingerprint density at radius 1 is 1.19 bits per heavy atom. The summed E-state index contributed by atoms with van der Waals surface area (Å²) in [6.45, 7) is 7.75. The third-order valence-electron chi connectivity index (χ3n) is 6.29. The number of likely N-dealkylation sites (tertiary alicyclic amines) is 1. The summed E-state index contributed by atoms with van der Waals surface area (Å²) in [4.78, 5) is 34.6. The predicted octanol–water partition coefficient (Wildman–Crippen LogP) is 1.17. The zero-order valence-electron chi connectivity index (χ0n) is 18.1. The normalized spacial score (nSPS) is 19.6. The number of hydrogen-bond acceptors (Lipinski definition) is 6. The van der Waals surface area contributed by atoms with Crippen LogP contribution in [0.5, 0.6) is 0 Å². The van der Waals surface area contributed by atoms with Gasteiger partial charge in [0.15, 0.2) is 0 Å². The van der Waals surface area contributed by atoms with Crippen LogP contribution in [0.25, 0.3) is 0 Å². The van der Waals surface area contributed by atoms with Crippen LogP contribution in [0.1, 0.15) is 27.9 Å². The van der Waals surface area contributed by atoms with Crippen molar-refractivity contribution in [3.63, 3.8) is 0 Å². The Hall–Kier alpha value is -2.71. The number of rotatable bonds is 6. The van der Waals surface area contributed by atoms with E-state index in [1.807, 2.05) is 24.0 Å². The molecule has 0 radical (unpaired) electrons. The van der Waals surface area contributed by atoms with Gasteiger partial charge in [-0.3, -0.25) is 14.5 Å². The molecule has 8 heteroatoms. The van der Waals surface area contributed by atoms with Gasteiger partial charge in [-0.05, 0) is 48.9 Å². The maximum atomic E-state index is 13.2. The molecule has 0 aromatic carbocycles. The minimum atomic E-state index is -0.190. The summed E-state index contributed by atoms with van der Waals surface area (Å²) in [5.41, 5.74) is 7.64. The van der Waals surface area contributed by atoms with Crippen molar-refractivity contribution in [2.45, 2.75) is 26.3 Å². The second-order valence-electron chi connectivity index (χ2n) is 8.53. The van der Waals surface area contributed by atoms with Crippen LogP contribution in [0, 0.1) is 12.8 Å². The van der Waals surface area contributed by atoms with Gasteiger partial charge in [-0.15, -0.1) is 0 Å². The van der Waals surface area contributed by atoms with Crippen molar-refractivity contribution in [1.82, 2.24) is 19.4 Å². The Balaban J connectivity index is 1.41. The number of ether oxygens (including phenoxy) is 1. The van der Waals surface area contributed by atoms with Crippen molar-refractivity contribution in [3.8, 4) is 0 Å². The van der Waals surface area contributed by atoms with E-state index in [1.54, 1.807) is 23.0 Å². The Labute approximate surface area is 182 Å². The Bertz CT molecular complexity index is 966. The first-order valence-electron chi connectivity index (χ1n) is 11.0. The highest BCUT2D eigenvalue weighted by molar-refractivity contribution is 5.95. The summed E-state index contributed by atoms with van der Waals surface area (Å²) in [6, 6.07) is 5.67. The molecule has 0 spiro atoms. The molecule has 1 amide bonds. The average molecular weight is 426 g/mol. The molecule has 2 N–H and O–H groups in total. The number of pyridine rings is 2. The van der Waals surface area contributed by atoms with E-state index in [9.17, 15) is 9.59 Å². The molecule has 2 aromatic rings. The molecule has 2 aliphatic rings. The second-order valence-corrected chi connectivity index (χ2v) is 8.53. The molecule has 31 heavy (non-hydrogen) atoms. The zero-order valence-corrected chi connectivity index (χ0v) is 18.1. The number of aryl methyl sites for hydroxylation is 1. The number of nitrogen functional groups attached to an aromatic ring is 1. The molecular weight excluding hydrogens is 394 g/mol. The molecule has 0 aliphatic carbocycles. The van der Waals surface area contributed by atoms with Gasteiger partial charge in [-0.2, -0.15) is 0 Å². The van der Waals surface area contributed by atoms with E-state index < -0.39 is 0 Å². The van der Waals surface area contributed by atoms with Gasteiger partial charge in [0, 0.05) is 51.7 Å². The number of anilines is 1. The number of morpholine rings is 1. The van der Waals surface area contributed by atoms with E-state index in [-0.39, 0.29) is 11.5 Å². The largest absolute Gasteiger partial charge is 0.384 e. The van der Waals surface area contributed by atoms with Crippen LogP contribution >= 0.6 is 0 Å². The van der Waals surface area contributed by atoms with Gasteiger partial charge in [0.2, 0.25) is 0 Å². The van der Waals surface area contributed by atoms with Crippen LogP contribution in [0.4, 0.5) is 5.82 Å². The molecule has 166 valence electrons. The minimum absolute atomic E-state index is 0.152. The van der Waals surface area contributed by atoms with E-state index >= 15 is 0 Å². The summed E-state index contributed by atoms with van der Waals surface area (Å²) in [7, 11) is 0. The molecule has 1 unspecified atom stereocenters. The third-order valence-corrected chi connectivity index (χ3v) is 6.29. The monoisotopic (exact) mass is 425 g/mol. The fourth-order valence-corrected chi connectivity index (χ4v) is 4.41. The predicted molar refractivity (Wildman–Crippen MR) is 119 cm³/mol. The van der Waals surface area contributed by atoms with E-state index in [2.05, 4.69) is 9.88 Å². The smallest absolute Gasteiger partial charge is 0.263 e. The Kier molecular flexibility index (Phi) is 6.67. The fourth-order valence-electron chi connectivity index (χ4n) is 4.41. The van der Waals surface area contributed by atoms with Crippen molar-refractivity contribution >= 4 is 11.7 Å². The molecule has 2 saturated heterocycles. The summed E-state index contributed by atoms with van der Waals surface area (Å²) in [5, 5.41) is 0. The van der Waals surface area contributed by atoms with Crippen molar-refractivity contribution < 1.29 is 9.53 Å². The number of nitrogens with zero attached hydrogens (tertiary/aromatic N) is 4. The molecule has 2 fully saturated rings. The highest BCUT2D eigenvalue weighted by atomic mass is 16.5. The first-order valence-corrected chi connectivity index (χ1v) is 11.0. The van der Waals surface area contributed by atoms with Crippen LogP contribution in [0.2, 0.25) is 0 Å². The summed E-state index contributed by atoms with van der Waals surface area (Å²) in [5.74, 6) is 0.722. The molecule has 4 rings (SSSR count). The van der Waals surface area contributed by atoms with Crippen LogP contribution in [-0.2, 0) is 17.7 Å². The zero-order chi connectivity index (χ0) is 21.8. The van der Waals surface area contributed by atoms with E-state index in [1.165, 1.54) is 0 Å².